The number of anilines is 1. The Balaban J connectivity index is 1.90. The molecule has 104 valence electrons. The van der Waals surface area contributed by atoms with Gasteiger partial charge in [-0.25, -0.2) is 4.39 Å². The van der Waals surface area contributed by atoms with Crippen LogP contribution in [-0.4, -0.2) is 29.6 Å². The van der Waals surface area contributed by atoms with Crippen LogP contribution in [0, 0.1) is 5.82 Å². The molecular formula is C14H19FN2OS. The van der Waals surface area contributed by atoms with Gasteiger partial charge in [0.05, 0.1) is 5.75 Å². The van der Waals surface area contributed by atoms with E-state index in [1.807, 2.05) is 4.90 Å². The van der Waals surface area contributed by atoms with E-state index in [9.17, 15) is 9.18 Å². The SMILES string of the molecule is Nc1ccc(F)cc1SCC(=O)N1CCCCCC1. The average molecular weight is 282 g/mol. The lowest BCUT2D eigenvalue weighted by molar-refractivity contribution is -0.128. The van der Waals surface area contributed by atoms with Gasteiger partial charge in [-0.2, -0.15) is 0 Å². The molecule has 1 aromatic rings. The molecule has 3 nitrogen and oxygen atoms in total. The molecule has 0 radical (unpaired) electrons. The molecule has 0 saturated carbocycles. The van der Waals surface area contributed by atoms with Gasteiger partial charge < -0.3 is 10.6 Å². The van der Waals surface area contributed by atoms with Gasteiger partial charge in [-0.3, -0.25) is 4.79 Å². The number of amides is 1. The molecule has 0 aromatic heterocycles. The molecule has 1 aromatic carbocycles. The van der Waals surface area contributed by atoms with Crippen LogP contribution in [0.1, 0.15) is 25.7 Å². The molecule has 1 fully saturated rings. The first-order valence-corrected chi connectivity index (χ1v) is 7.61. The van der Waals surface area contributed by atoms with Crippen LogP contribution in [0.2, 0.25) is 0 Å². The Labute approximate surface area is 117 Å². The van der Waals surface area contributed by atoms with E-state index in [2.05, 4.69) is 0 Å². The standard InChI is InChI=1S/C14H19FN2OS/c15-11-5-6-12(16)13(9-11)19-10-14(18)17-7-3-1-2-4-8-17/h5-6,9H,1-4,7-8,10,16H2. The van der Waals surface area contributed by atoms with Crippen molar-refractivity contribution < 1.29 is 9.18 Å². The van der Waals surface area contributed by atoms with E-state index in [1.54, 1.807) is 0 Å². The lowest BCUT2D eigenvalue weighted by Crippen LogP contribution is -2.33. The number of nitrogen functional groups attached to an aromatic ring is 1. The highest BCUT2D eigenvalue weighted by Crippen LogP contribution is 2.26. The zero-order valence-corrected chi connectivity index (χ0v) is 11.7. The molecule has 0 unspecified atom stereocenters. The lowest BCUT2D eigenvalue weighted by Gasteiger charge is -2.20. The topological polar surface area (TPSA) is 46.3 Å². The highest BCUT2D eigenvalue weighted by molar-refractivity contribution is 8.00. The van der Waals surface area contributed by atoms with Gasteiger partial charge >= 0.3 is 0 Å². The highest BCUT2D eigenvalue weighted by atomic mass is 32.2. The number of halogens is 1. The first-order chi connectivity index (χ1) is 9.16. The molecule has 1 aliphatic heterocycles. The van der Waals surface area contributed by atoms with Crippen LogP contribution in [0.5, 0.6) is 0 Å². The molecule has 1 aliphatic rings. The number of rotatable bonds is 3. The Bertz CT molecular complexity index is 445. The second kappa shape index (κ2) is 6.80. The number of benzene rings is 1. The number of likely N-dealkylation sites (tertiary alicyclic amines) is 1. The van der Waals surface area contributed by atoms with Gasteiger partial charge in [0, 0.05) is 23.7 Å². The van der Waals surface area contributed by atoms with Crippen LogP contribution < -0.4 is 5.73 Å². The zero-order chi connectivity index (χ0) is 13.7. The van der Waals surface area contributed by atoms with Crippen LogP contribution in [0.4, 0.5) is 10.1 Å². The van der Waals surface area contributed by atoms with Crippen molar-refractivity contribution in [1.29, 1.82) is 0 Å². The highest BCUT2D eigenvalue weighted by Gasteiger charge is 2.16. The molecule has 2 N–H and O–H groups in total. The molecule has 0 aliphatic carbocycles. The molecule has 0 spiro atoms. The van der Waals surface area contributed by atoms with Crippen LogP contribution in [0.3, 0.4) is 0 Å². The maximum absolute atomic E-state index is 13.1. The van der Waals surface area contributed by atoms with Crippen LogP contribution in [0.25, 0.3) is 0 Å². The van der Waals surface area contributed by atoms with Gasteiger partial charge in [0.15, 0.2) is 0 Å². The fourth-order valence-corrected chi connectivity index (χ4v) is 3.08. The lowest BCUT2D eigenvalue weighted by atomic mass is 10.2. The predicted octanol–water partition coefficient (Wildman–Crippen LogP) is 2.90. The van der Waals surface area contributed by atoms with Gasteiger partial charge in [0.25, 0.3) is 0 Å². The Morgan fingerprint density at radius 1 is 1.26 bits per heavy atom. The van der Waals surface area contributed by atoms with E-state index in [0.717, 1.165) is 25.9 Å². The van der Waals surface area contributed by atoms with Crippen LogP contribution in [0.15, 0.2) is 23.1 Å². The van der Waals surface area contributed by atoms with Crippen molar-refractivity contribution in [3.05, 3.63) is 24.0 Å². The number of carbonyl (C=O) groups excluding carboxylic acids is 1. The third-order valence-corrected chi connectivity index (χ3v) is 4.34. The minimum absolute atomic E-state index is 0.121. The number of nitrogens with two attached hydrogens (primary N) is 1. The zero-order valence-electron chi connectivity index (χ0n) is 10.9. The smallest absolute Gasteiger partial charge is 0.232 e. The summed E-state index contributed by atoms with van der Waals surface area (Å²) in [5.74, 6) is 0.127. The maximum atomic E-state index is 13.1. The largest absolute Gasteiger partial charge is 0.398 e. The molecule has 0 bridgehead atoms. The number of hydrogen-bond acceptors (Lipinski definition) is 3. The van der Waals surface area contributed by atoms with Gasteiger partial charge in [0.1, 0.15) is 5.82 Å². The van der Waals surface area contributed by atoms with E-state index in [4.69, 9.17) is 5.73 Å². The third-order valence-electron chi connectivity index (χ3n) is 3.29. The molecular weight excluding hydrogens is 263 g/mol. The first-order valence-electron chi connectivity index (χ1n) is 6.62. The second-order valence-electron chi connectivity index (χ2n) is 4.77. The molecule has 5 heteroatoms. The summed E-state index contributed by atoms with van der Waals surface area (Å²) in [5, 5.41) is 0. The Morgan fingerprint density at radius 2 is 1.95 bits per heavy atom. The molecule has 2 rings (SSSR count). The van der Waals surface area contributed by atoms with E-state index >= 15 is 0 Å². The van der Waals surface area contributed by atoms with E-state index in [-0.39, 0.29) is 11.7 Å². The summed E-state index contributed by atoms with van der Waals surface area (Å²) in [7, 11) is 0. The van der Waals surface area contributed by atoms with E-state index in [1.165, 1.54) is 42.8 Å². The van der Waals surface area contributed by atoms with E-state index < -0.39 is 0 Å². The maximum Gasteiger partial charge on any atom is 0.232 e. The van der Waals surface area contributed by atoms with Crippen LogP contribution in [-0.2, 0) is 4.79 Å². The normalized spacial score (nSPS) is 16.2. The number of hydrogen-bond donors (Lipinski definition) is 1. The Morgan fingerprint density at radius 3 is 2.63 bits per heavy atom. The quantitative estimate of drug-likeness (QED) is 0.685. The fourth-order valence-electron chi connectivity index (χ4n) is 2.18. The van der Waals surface area contributed by atoms with E-state index in [0.29, 0.717) is 16.3 Å². The summed E-state index contributed by atoms with van der Waals surface area (Å²) in [4.78, 5) is 14.6. The summed E-state index contributed by atoms with van der Waals surface area (Å²) >= 11 is 1.31. The molecule has 1 saturated heterocycles. The average Bonchev–Trinajstić information content (AvgIpc) is 2.68. The molecule has 19 heavy (non-hydrogen) atoms. The first kappa shape index (κ1) is 14.2. The second-order valence-corrected chi connectivity index (χ2v) is 5.78. The van der Waals surface area contributed by atoms with Crippen molar-refractivity contribution in [3.63, 3.8) is 0 Å². The molecule has 0 atom stereocenters. The van der Waals surface area contributed by atoms with Crippen molar-refractivity contribution in [2.24, 2.45) is 0 Å². The van der Waals surface area contributed by atoms with Crippen LogP contribution >= 0.6 is 11.8 Å². The van der Waals surface area contributed by atoms with Crippen molar-refractivity contribution in [2.75, 3.05) is 24.6 Å². The van der Waals surface area contributed by atoms with Gasteiger partial charge in [-0.15, -0.1) is 11.8 Å². The van der Waals surface area contributed by atoms with Crippen molar-refractivity contribution in [2.45, 2.75) is 30.6 Å². The molecule has 1 heterocycles. The molecule has 1 amide bonds. The minimum Gasteiger partial charge on any atom is -0.398 e. The summed E-state index contributed by atoms with van der Waals surface area (Å²) in [6.45, 7) is 1.69. The summed E-state index contributed by atoms with van der Waals surface area (Å²) < 4.78 is 13.1. The summed E-state index contributed by atoms with van der Waals surface area (Å²) in [6.07, 6.45) is 4.57. The van der Waals surface area contributed by atoms with Crippen molar-refractivity contribution in [1.82, 2.24) is 4.90 Å². The van der Waals surface area contributed by atoms with Crippen molar-refractivity contribution >= 4 is 23.4 Å². The fraction of sp³-hybridized carbons (Fsp3) is 0.500. The predicted molar refractivity (Wildman–Crippen MR) is 76.6 cm³/mol. The van der Waals surface area contributed by atoms with Gasteiger partial charge in [-0.05, 0) is 31.0 Å². The minimum atomic E-state index is -0.320. The number of carbonyl (C=O) groups is 1. The summed E-state index contributed by atoms with van der Waals surface area (Å²) in [5.41, 5.74) is 6.29. The summed E-state index contributed by atoms with van der Waals surface area (Å²) in [6, 6.07) is 4.25. The van der Waals surface area contributed by atoms with Gasteiger partial charge in [0.2, 0.25) is 5.91 Å². The number of thioether (sulfide) groups is 1. The monoisotopic (exact) mass is 282 g/mol. The Kier molecular flexibility index (Phi) is 5.07. The van der Waals surface area contributed by atoms with Gasteiger partial charge in [-0.1, -0.05) is 12.8 Å². The third kappa shape index (κ3) is 4.13. The number of nitrogens with zero attached hydrogens (tertiary/aromatic N) is 1. The Hall–Kier alpha value is -1.23. The van der Waals surface area contributed by atoms with Crippen molar-refractivity contribution in [3.8, 4) is 0 Å².